The average molecular weight is 302 g/mol. The van der Waals surface area contributed by atoms with Gasteiger partial charge in [0.2, 0.25) is 10.0 Å². The van der Waals surface area contributed by atoms with E-state index in [0.717, 1.165) is 10.4 Å². The maximum atomic E-state index is 11.9. The van der Waals surface area contributed by atoms with Gasteiger partial charge in [-0.15, -0.1) is 0 Å². The van der Waals surface area contributed by atoms with E-state index in [1.165, 1.54) is 33.3 Å². The molecule has 0 aliphatic carbocycles. The van der Waals surface area contributed by atoms with Crippen molar-refractivity contribution in [2.24, 2.45) is 0 Å². The van der Waals surface area contributed by atoms with Crippen LogP contribution in [-0.4, -0.2) is 50.4 Å². The number of hydrogen-bond acceptors (Lipinski definition) is 6. The molecular weight excluding hydrogens is 288 g/mol. The zero-order valence-electron chi connectivity index (χ0n) is 11.2. The molecule has 0 radical (unpaired) electrons. The van der Waals surface area contributed by atoms with E-state index in [2.05, 4.69) is 0 Å². The summed E-state index contributed by atoms with van der Waals surface area (Å²) < 4.78 is 29.0. The third-order valence-corrected chi connectivity index (χ3v) is 4.31. The molecule has 0 spiro atoms. The molecule has 0 aliphatic heterocycles. The van der Waals surface area contributed by atoms with Crippen LogP contribution in [0.25, 0.3) is 0 Å². The monoisotopic (exact) mass is 302 g/mol. The lowest BCUT2D eigenvalue weighted by Crippen LogP contribution is -2.29. The molecular formula is C11H14N2O6S. The van der Waals surface area contributed by atoms with Crippen molar-refractivity contribution in [1.29, 1.82) is 0 Å². The van der Waals surface area contributed by atoms with E-state index in [9.17, 15) is 23.3 Å². The minimum absolute atomic E-state index is 0.212. The van der Waals surface area contributed by atoms with Crippen LogP contribution in [0.4, 0.5) is 5.69 Å². The van der Waals surface area contributed by atoms with E-state index in [1.807, 2.05) is 0 Å². The van der Waals surface area contributed by atoms with Crippen molar-refractivity contribution >= 4 is 21.5 Å². The fraction of sp³-hybridized carbons (Fsp3) is 0.364. The summed E-state index contributed by atoms with van der Waals surface area (Å²) in [6.45, 7) is 0. The van der Waals surface area contributed by atoms with E-state index < -0.39 is 32.2 Å². The molecule has 20 heavy (non-hydrogen) atoms. The average Bonchev–Trinajstić information content (AvgIpc) is 2.37. The number of carbonyl (C=O) groups excluding carboxylic acids is 1. The quantitative estimate of drug-likeness (QED) is 0.434. The van der Waals surface area contributed by atoms with Gasteiger partial charge in [0.1, 0.15) is 11.5 Å². The van der Waals surface area contributed by atoms with Crippen LogP contribution in [0.15, 0.2) is 18.2 Å². The van der Waals surface area contributed by atoms with E-state index in [-0.39, 0.29) is 11.3 Å². The minimum Gasteiger partial charge on any atom is -0.497 e. The summed E-state index contributed by atoms with van der Waals surface area (Å²) in [6, 6.07) is 3.63. The van der Waals surface area contributed by atoms with E-state index in [1.54, 1.807) is 0 Å². The second kappa shape index (κ2) is 5.97. The molecule has 110 valence electrons. The Morgan fingerprint density at radius 2 is 2.00 bits per heavy atom. The SMILES string of the molecule is COc1ccc(C(=O)CS(=O)(=O)N(C)C)c([N+](=O)[O-])c1. The first-order valence-corrected chi connectivity index (χ1v) is 7.06. The number of nitrogens with zero attached hydrogens (tertiary/aromatic N) is 2. The van der Waals surface area contributed by atoms with Gasteiger partial charge in [0.05, 0.1) is 23.7 Å². The van der Waals surface area contributed by atoms with Crippen molar-refractivity contribution in [3.05, 3.63) is 33.9 Å². The highest BCUT2D eigenvalue weighted by atomic mass is 32.2. The molecule has 0 aliphatic rings. The standard InChI is InChI=1S/C11H14N2O6S/c1-12(2)20(17,18)7-11(14)9-5-4-8(19-3)6-10(9)13(15)16/h4-6H,7H2,1-3H3. The first-order valence-electron chi connectivity index (χ1n) is 5.45. The molecule has 0 N–H and O–H groups in total. The third-order valence-electron chi connectivity index (χ3n) is 2.57. The molecule has 0 fully saturated rings. The molecule has 0 atom stereocenters. The van der Waals surface area contributed by atoms with E-state index >= 15 is 0 Å². The maximum absolute atomic E-state index is 11.9. The zero-order chi connectivity index (χ0) is 15.5. The van der Waals surface area contributed by atoms with Crippen LogP contribution in [0.2, 0.25) is 0 Å². The molecule has 8 nitrogen and oxygen atoms in total. The number of methoxy groups -OCH3 is 1. The van der Waals surface area contributed by atoms with Crippen LogP contribution in [0.1, 0.15) is 10.4 Å². The van der Waals surface area contributed by atoms with Gasteiger partial charge in [-0.2, -0.15) is 0 Å². The first-order chi connectivity index (χ1) is 9.19. The van der Waals surface area contributed by atoms with Crippen molar-refractivity contribution in [3.63, 3.8) is 0 Å². The number of hydrogen-bond donors (Lipinski definition) is 0. The summed E-state index contributed by atoms with van der Waals surface area (Å²) in [5, 5.41) is 10.9. The number of carbonyl (C=O) groups is 1. The fourth-order valence-corrected chi connectivity index (χ4v) is 2.14. The maximum Gasteiger partial charge on any atom is 0.283 e. The normalized spacial score (nSPS) is 11.4. The largest absolute Gasteiger partial charge is 0.497 e. The molecule has 0 bridgehead atoms. The molecule has 1 aromatic carbocycles. The Kier molecular flexibility index (Phi) is 4.79. The number of ether oxygens (including phenoxy) is 1. The number of Topliss-reactive ketones (excluding diaryl/α,β-unsaturated/α-hetero) is 1. The third kappa shape index (κ3) is 3.52. The second-order valence-electron chi connectivity index (χ2n) is 4.10. The van der Waals surface area contributed by atoms with Gasteiger partial charge in [0.15, 0.2) is 5.78 Å². The highest BCUT2D eigenvalue weighted by Gasteiger charge is 2.26. The van der Waals surface area contributed by atoms with Gasteiger partial charge in [-0.3, -0.25) is 14.9 Å². The molecule has 9 heteroatoms. The molecule has 1 aromatic rings. The van der Waals surface area contributed by atoms with Crippen LogP contribution in [0, 0.1) is 10.1 Å². The van der Waals surface area contributed by atoms with E-state index in [0.29, 0.717) is 0 Å². The molecule has 0 heterocycles. The van der Waals surface area contributed by atoms with Gasteiger partial charge in [0.25, 0.3) is 5.69 Å². The van der Waals surface area contributed by atoms with Crippen molar-refractivity contribution < 1.29 is 22.9 Å². The van der Waals surface area contributed by atoms with Crippen LogP contribution < -0.4 is 4.74 Å². The minimum atomic E-state index is -3.77. The van der Waals surface area contributed by atoms with Crippen molar-refractivity contribution in [1.82, 2.24) is 4.31 Å². The lowest BCUT2D eigenvalue weighted by molar-refractivity contribution is -0.385. The van der Waals surface area contributed by atoms with E-state index in [4.69, 9.17) is 4.74 Å². The first kappa shape index (κ1) is 16.1. The summed E-state index contributed by atoms with van der Waals surface area (Å²) in [6.07, 6.45) is 0. The number of rotatable bonds is 6. The molecule has 0 amide bonds. The van der Waals surface area contributed by atoms with Crippen molar-refractivity contribution in [2.45, 2.75) is 0 Å². The lowest BCUT2D eigenvalue weighted by atomic mass is 10.1. The Bertz CT molecular complexity index is 638. The second-order valence-corrected chi connectivity index (χ2v) is 6.28. The predicted molar refractivity (Wildman–Crippen MR) is 71.5 cm³/mol. The summed E-state index contributed by atoms with van der Waals surface area (Å²) in [5.41, 5.74) is -0.746. The highest BCUT2D eigenvalue weighted by Crippen LogP contribution is 2.25. The van der Waals surface area contributed by atoms with Gasteiger partial charge in [-0.05, 0) is 12.1 Å². The van der Waals surface area contributed by atoms with Crippen LogP contribution in [0.3, 0.4) is 0 Å². The zero-order valence-corrected chi connectivity index (χ0v) is 12.0. The summed E-state index contributed by atoms with van der Waals surface area (Å²) in [5.74, 6) is -1.45. The molecule has 1 rings (SSSR count). The number of nitro benzene ring substituents is 1. The predicted octanol–water partition coefficient (Wildman–Crippen LogP) is 0.677. The van der Waals surface area contributed by atoms with Crippen molar-refractivity contribution in [2.75, 3.05) is 27.0 Å². The van der Waals surface area contributed by atoms with Gasteiger partial charge in [-0.1, -0.05) is 0 Å². The highest BCUT2D eigenvalue weighted by molar-refractivity contribution is 7.89. The lowest BCUT2D eigenvalue weighted by Gasteiger charge is -2.10. The number of benzene rings is 1. The number of sulfonamides is 1. The summed E-state index contributed by atoms with van der Waals surface area (Å²) >= 11 is 0. The van der Waals surface area contributed by atoms with Gasteiger partial charge >= 0.3 is 0 Å². The fourth-order valence-electron chi connectivity index (χ4n) is 1.40. The smallest absolute Gasteiger partial charge is 0.283 e. The summed E-state index contributed by atoms with van der Waals surface area (Å²) in [7, 11) is 0.122. The number of ketones is 1. The van der Waals surface area contributed by atoms with Crippen molar-refractivity contribution in [3.8, 4) is 5.75 Å². The van der Waals surface area contributed by atoms with Crippen LogP contribution >= 0.6 is 0 Å². The Hall–Kier alpha value is -2.00. The Labute approximate surface area is 116 Å². The molecule has 0 saturated carbocycles. The molecule has 0 unspecified atom stereocenters. The van der Waals surface area contributed by atoms with Crippen LogP contribution in [-0.2, 0) is 10.0 Å². The van der Waals surface area contributed by atoms with Crippen LogP contribution in [0.5, 0.6) is 5.75 Å². The topological polar surface area (TPSA) is 107 Å². The molecule has 0 saturated heterocycles. The van der Waals surface area contributed by atoms with Gasteiger partial charge in [-0.25, -0.2) is 12.7 Å². The van der Waals surface area contributed by atoms with Gasteiger partial charge in [0, 0.05) is 14.1 Å². The van der Waals surface area contributed by atoms with Gasteiger partial charge < -0.3 is 4.74 Å². The Balaban J connectivity index is 3.20. The molecule has 0 aromatic heterocycles. The Morgan fingerprint density at radius 1 is 1.40 bits per heavy atom. The summed E-state index contributed by atoms with van der Waals surface area (Å²) in [4.78, 5) is 22.1. The number of nitro groups is 1. The Morgan fingerprint density at radius 3 is 2.45 bits per heavy atom.